The number of aromatic nitrogens is 2. The lowest BCUT2D eigenvalue weighted by molar-refractivity contribution is -0.126. The highest BCUT2D eigenvalue weighted by Crippen LogP contribution is 2.35. The van der Waals surface area contributed by atoms with Gasteiger partial charge in [-0.25, -0.2) is 4.98 Å². The first-order valence-corrected chi connectivity index (χ1v) is 9.07. The van der Waals surface area contributed by atoms with Gasteiger partial charge in [0.1, 0.15) is 6.61 Å². The maximum Gasteiger partial charge on any atom is 0.258 e. The first kappa shape index (κ1) is 17.9. The van der Waals surface area contributed by atoms with Crippen LogP contribution in [0.2, 0.25) is 0 Å². The molecule has 1 N–H and O–H groups in total. The van der Waals surface area contributed by atoms with E-state index in [1.165, 1.54) is 12.8 Å². The van der Waals surface area contributed by atoms with Gasteiger partial charge in [0.15, 0.2) is 0 Å². The van der Waals surface area contributed by atoms with Crippen molar-refractivity contribution in [3.63, 3.8) is 0 Å². The van der Waals surface area contributed by atoms with Crippen LogP contribution in [0.1, 0.15) is 45.7 Å². The SMILES string of the molecule is Cc1noc2ncc(NC(=O)COC3CC(C)CCC3C(C)C)cc12. The van der Waals surface area contributed by atoms with Gasteiger partial charge >= 0.3 is 0 Å². The molecule has 6 nitrogen and oxygen atoms in total. The molecule has 2 aromatic rings. The lowest BCUT2D eigenvalue weighted by Gasteiger charge is -2.37. The number of anilines is 1. The van der Waals surface area contributed by atoms with Crippen LogP contribution >= 0.6 is 0 Å². The average molecular weight is 345 g/mol. The summed E-state index contributed by atoms with van der Waals surface area (Å²) in [5, 5.41) is 7.53. The summed E-state index contributed by atoms with van der Waals surface area (Å²) >= 11 is 0. The zero-order chi connectivity index (χ0) is 18.0. The molecule has 0 saturated heterocycles. The number of hydrogen-bond donors (Lipinski definition) is 1. The predicted octanol–water partition coefficient (Wildman–Crippen LogP) is 3.95. The van der Waals surface area contributed by atoms with Gasteiger partial charge in [0.2, 0.25) is 5.91 Å². The van der Waals surface area contributed by atoms with Crippen LogP contribution in [0.25, 0.3) is 11.1 Å². The fourth-order valence-corrected chi connectivity index (χ4v) is 3.70. The molecular weight excluding hydrogens is 318 g/mol. The second-order valence-electron chi connectivity index (χ2n) is 7.57. The molecule has 1 aliphatic rings. The number of carbonyl (C=O) groups excluding carboxylic acids is 1. The molecule has 1 aliphatic carbocycles. The van der Waals surface area contributed by atoms with E-state index in [2.05, 4.69) is 36.2 Å². The summed E-state index contributed by atoms with van der Waals surface area (Å²) in [6.07, 6.45) is 5.20. The minimum atomic E-state index is -0.156. The molecule has 1 saturated carbocycles. The largest absolute Gasteiger partial charge is 0.368 e. The third-order valence-electron chi connectivity index (χ3n) is 5.18. The van der Waals surface area contributed by atoms with E-state index >= 15 is 0 Å². The van der Waals surface area contributed by atoms with Crippen LogP contribution in [0.5, 0.6) is 0 Å². The van der Waals surface area contributed by atoms with Crippen molar-refractivity contribution in [2.75, 3.05) is 11.9 Å². The number of carbonyl (C=O) groups is 1. The van der Waals surface area contributed by atoms with Crippen molar-refractivity contribution in [1.29, 1.82) is 0 Å². The number of rotatable bonds is 5. The van der Waals surface area contributed by atoms with Gasteiger partial charge in [0.05, 0.1) is 29.1 Å². The number of hydrogen-bond acceptors (Lipinski definition) is 5. The highest BCUT2D eigenvalue weighted by Gasteiger charge is 2.31. The molecule has 0 radical (unpaired) electrons. The second kappa shape index (κ2) is 7.52. The Balaban J connectivity index is 1.58. The predicted molar refractivity (Wildman–Crippen MR) is 96.3 cm³/mol. The van der Waals surface area contributed by atoms with Crippen molar-refractivity contribution in [3.8, 4) is 0 Å². The van der Waals surface area contributed by atoms with Crippen molar-refractivity contribution in [3.05, 3.63) is 18.0 Å². The van der Waals surface area contributed by atoms with E-state index < -0.39 is 0 Å². The number of nitrogens with one attached hydrogen (secondary N) is 1. The Kier molecular flexibility index (Phi) is 5.37. The molecule has 136 valence electrons. The quantitative estimate of drug-likeness (QED) is 0.888. The second-order valence-corrected chi connectivity index (χ2v) is 7.57. The zero-order valence-electron chi connectivity index (χ0n) is 15.4. The maximum atomic E-state index is 12.3. The molecule has 3 atom stereocenters. The minimum Gasteiger partial charge on any atom is -0.368 e. The van der Waals surface area contributed by atoms with Crippen LogP contribution in [0.4, 0.5) is 5.69 Å². The van der Waals surface area contributed by atoms with Gasteiger partial charge < -0.3 is 14.6 Å². The number of pyridine rings is 1. The van der Waals surface area contributed by atoms with Crippen molar-refractivity contribution in [2.45, 2.75) is 53.1 Å². The summed E-state index contributed by atoms with van der Waals surface area (Å²) < 4.78 is 11.1. The number of ether oxygens (including phenoxy) is 1. The molecule has 0 aromatic carbocycles. The van der Waals surface area contributed by atoms with Gasteiger partial charge in [-0.1, -0.05) is 32.3 Å². The standard InChI is InChI=1S/C19H27N3O3/c1-11(2)15-6-5-12(3)7-17(15)24-10-18(23)21-14-8-16-13(4)22-25-19(16)20-9-14/h8-9,11-12,15,17H,5-7,10H2,1-4H3,(H,21,23). The first-order valence-electron chi connectivity index (χ1n) is 9.07. The van der Waals surface area contributed by atoms with E-state index in [0.717, 1.165) is 17.5 Å². The molecule has 2 aromatic heterocycles. The topological polar surface area (TPSA) is 77.3 Å². The molecule has 6 heteroatoms. The normalized spacial score (nSPS) is 24.0. The van der Waals surface area contributed by atoms with Crippen molar-refractivity contribution in [1.82, 2.24) is 10.1 Å². The lowest BCUT2D eigenvalue weighted by atomic mass is 9.75. The van der Waals surface area contributed by atoms with Gasteiger partial charge in [0, 0.05) is 0 Å². The number of aryl methyl sites for hydroxylation is 1. The number of fused-ring (bicyclic) bond motifs is 1. The summed E-state index contributed by atoms with van der Waals surface area (Å²) in [4.78, 5) is 16.4. The Bertz CT molecular complexity index is 741. The van der Waals surface area contributed by atoms with Crippen molar-refractivity contribution in [2.24, 2.45) is 17.8 Å². The van der Waals surface area contributed by atoms with Gasteiger partial charge in [-0.05, 0) is 43.6 Å². The Morgan fingerprint density at radius 3 is 3.00 bits per heavy atom. The highest BCUT2D eigenvalue weighted by molar-refractivity contribution is 5.93. The van der Waals surface area contributed by atoms with E-state index in [4.69, 9.17) is 9.26 Å². The summed E-state index contributed by atoms with van der Waals surface area (Å²) in [6.45, 7) is 8.65. The summed E-state index contributed by atoms with van der Waals surface area (Å²) in [7, 11) is 0. The third kappa shape index (κ3) is 4.18. The molecule has 2 heterocycles. The lowest BCUT2D eigenvalue weighted by Crippen LogP contribution is -2.36. The fraction of sp³-hybridized carbons (Fsp3) is 0.632. The summed E-state index contributed by atoms with van der Waals surface area (Å²) in [5.74, 6) is 1.60. The Hall–Kier alpha value is -1.95. The fourth-order valence-electron chi connectivity index (χ4n) is 3.70. The molecule has 0 spiro atoms. The Morgan fingerprint density at radius 2 is 2.24 bits per heavy atom. The van der Waals surface area contributed by atoms with Crippen molar-refractivity contribution >= 4 is 22.7 Å². The molecule has 3 unspecified atom stereocenters. The molecule has 1 fully saturated rings. The van der Waals surface area contributed by atoms with Gasteiger partial charge in [0.25, 0.3) is 5.71 Å². The van der Waals surface area contributed by atoms with E-state index in [1.54, 1.807) is 6.20 Å². The molecule has 25 heavy (non-hydrogen) atoms. The zero-order valence-corrected chi connectivity index (χ0v) is 15.4. The van der Waals surface area contributed by atoms with Crippen LogP contribution in [0, 0.1) is 24.7 Å². The maximum absolute atomic E-state index is 12.3. The monoisotopic (exact) mass is 345 g/mol. The van der Waals surface area contributed by atoms with Crippen LogP contribution < -0.4 is 5.32 Å². The van der Waals surface area contributed by atoms with Crippen molar-refractivity contribution < 1.29 is 14.1 Å². The molecule has 0 bridgehead atoms. The molecule has 0 aliphatic heterocycles. The van der Waals surface area contributed by atoms with Gasteiger partial charge in [-0.2, -0.15) is 0 Å². The van der Waals surface area contributed by atoms with E-state index in [-0.39, 0.29) is 18.6 Å². The molecule has 3 rings (SSSR count). The summed E-state index contributed by atoms with van der Waals surface area (Å²) in [5.41, 5.74) is 1.86. The Morgan fingerprint density at radius 1 is 1.44 bits per heavy atom. The number of amides is 1. The van der Waals surface area contributed by atoms with Crippen LogP contribution in [-0.4, -0.2) is 28.8 Å². The van der Waals surface area contributed by atoms with Crippen LogP contribution in [0.3, 0.4) is 0 Å². The van der Waals surface area contributed by atoms with Crippen LogP contribution in [-0.2, 0) is 9.53 Å². The van der Waals surface area contributed by atoms with E-state index in [9.17, 15) is 4.79 Å². The van der Waals surface area contributed by atoms with E-state index in [1.807, 2.05) is 13.0 Å². The third-order valence-corrected chi connectivity index (χ3v) is 5.18. The van der Waals surface area contributed by atoms with E-state index in [0.29, 0.717) is 29.2 Å². The van der Waals surface area contributed by atoms with Crippen LogP contribution in [0.15, 0.2) is 16.8 Å². The minimum absolute atomic E-state index is 0.0707. The van der Waals surface area contributed by atoms with Gasteiger partial charge in [-0.15, -0.1) is 0 Å². The summed E-state index contributed by atoms with van der Waals surface area (Å²) in [6, 6.07) is 1.83. The number of nitrogens with zero attached hydrogens (tertiary/aromatic N) is 2. The smallest absolute Gasteiger partial charge is 0.258 e. The molecule has 1 amide bonds. The Labute approximate surface area is 148 Å². The first-order chi connectivity index (χ1) is 11.9. The highest BCUT2D eigenvalue weighted by atomic mass is 16.5. The van der Waals surface area contributed by atoms with Gasteiger partial charge in [-0.3, -0.25) is 4.79 Å². The molecular formula is C19H27N3O3. The average Bonchev–Trinajstić information content (AvgIpc) is 2.93.